The number of benzene rings is 2. The first-order valence-corrected chi connectivity index (χ1v) is 12.4. The van der Waals surface area contributed by atoms with Gasteiger partial charge in [0.15, 0.2) is 11.5 Å². The van der Waals surface area contributed by atoms with E-state index in [0.717, 1.165) is 64.8 Å². The summed E-state index contributed by atoms with van der Waals surface area (Å²) in [4.78, 5) is 20.3. The maximum absolute atomic E-state index is 11.0. The second kappa shape index (κ2) is 9.62. The second-order valence-corrected chi connectivity index (χ2v) is 9.58. The van der Waals surface area contributed by atoms with Crippen molar-refractivity contribution in [2.45, 2.75) is 44.2 Å². The number of H-pyrrole nitrogens is 1. The Morgan fingerprint density at radius 1 is 1.14 bits per heavy atom. The monoisotopic (exact) mass is 490 g/mol. The van der Waals surface area contributed by atoms with Gasteiger partial charge in [-0.15, -0.1) is 0 Å². The van der Waals surface area contributed by atoms with E-state index in [9.17, 15) is 15.3 Å². The highest BCUT2D eigenvalue weighted by molar-refractivity contribution is 5.94. The summed E-state index contributed by atoms with van der Waals surface area (Å²) in [5, 5.41) is 32.1. The van der Waals surface area contributed by atoms with Crippen LogP contribution in [-0.4, -0.2) is 78.6 Å². The van der Waals surface area contributed by atoms with Gasteiger partial charge < -0.3 is 29.9 Å². The number of rotatable bonds is 7. The molecule has 2 aliphatic rings. The van der Waals surface area contributed by atoms with E-state index in [1.54, 1.807) is 17.6 Å². The van der Waals surface area contributed by atoms with Crippen LogP contribution in [0.2, 0.25) is 0 Å². The summed E-state index contributed by atoms with van der Waals surface area (Å²) < 4.78 is 6.45. The Labute approximate surface area is 208 Å². The molecule has 4 N–H and O–H groups in total. The van der Waals surface area contributed by atoms with Crippen LogP contribution in [0.25, 0.3) is 21.9 Å². The molecule has 2 aromatic carbocycles. The van der Waals surface area contributed by atoms with E-state index in [1.807, 2.05) is 30.3 Å². The van der Waals surface area contributed by atoms with Gasteiger partial charge in [0.25, 0.3) is 0 Å². The molecule has 4 heterocycles. The third-order valence-electron chi connectivity index (χ3n) is 7.31. The van der Waals surface area contributed by atoms with Gasteiger partial charge in [-0.3, -0.25) is 4.90 Å². The molecule has 2 aliphatic heterocycles. The van der Waals surface area contributed by atoms with Crippen molar-refractivity contribution in [1.82, 2.24) is 24.8 Å². The standard InChI is InChI=1S/C26H30N6O4/c33-12-18(34)11-31-10-16-7-8-21(19-5-3-6-20(22(16)19)26(31)35)36-13-17-4-1-2-9-32(17)25-23-24(28-14-27-23)29-15-30-25/h3,5-8,14-15,17-18,26,33-35H,1-2,4,9-13H2,(H,27,28,29,30). The number of aromatic amines is 1. The Bertz CT molecular complexity index is 1380. The first-order chi connectivity index (χ1) is 17.6. The SMILES string of the molecule is OCC(O)CN1Cc2ccc(OCC3CCCCN3c3ncnc4nc[nH]c34)c3cccc(c23)C1O. The molecular formula is C26H30N6O4. The highest BCUT2D eigenvalue weighted by atomic mass is 16.5. The minimum atomic E-state index is -0.903. The number of ether oxygens (including phenoxy) is 1. The fourth-order valence-corrected chi connectivity index (χ4v) is 5.56. The van der Waals surface area contributed by atoms with Crippen LogP contribution < -0.4 is 9.64 Å². The zero-order chi connectivity index (χ0) is 24.6. The number of fused-ring (bicyclic) bond motifs is 1. The number of β-amino-alcohol motifs (C(OH)–C–C–N with tert-alkyl or cyclic N) is 1. The van der Waals surface area contributed by atoms with Gasteiger partial charge in [0.2, 0.25) is 0 Å². The Morgan fingerprint density at radius 3 is 2.94 bits per heavy atom. The number of hydrogen-bond donors (Lipinski definition) is 4. The molecule has 1 saturated heterocycles. The van der Waals surface area contributed by atoms with E-state index < -0.39 is 12.3 Å². The number of aliphatic hydroxyl groups is 3. The van der Waals surface area contributed by atoms with Crippen molar-refractivity contribution in [3.8, 4) is 5.75 Å². The molecule has 188 valence electrons. The summed E-state index contributed by atoms with van der Waals surface area (Å²) in [6, 6.07) is 10.0. The molecule has 36 heavy (non-hydrogen) atoms. The lowest BCUT2D eigenvalue weighted by molar-refractivity contribution is -0.0420. The summed E-state index contributed by atoms with van der Waals surface area (Å²) in [5.74, 6) is 1.64. The fourth-order valence-electron chi connectivity index (χ4n) is 5.56. The van der Waals surface area contributed by atoms with Crippen molar-refractivity contribution in [2.24, 2.45) is 0 Å². The van der Waals surface area contributed by atoms with Crippen LogP contribution in [0.4, 0.5) is 5.82 Å². The van der Waals surface area contributed by atoms with Crippen molar-refractivity contribution >= 4 is 27.8 Å². The summed E-state index contributed by atoms with van der Waals surface area (Å²) in [6.45, 7) is 1.73. The van der Waals surface area contributed by atoms with Gasteiger partial charge in [0, 0.05) is 30.6 Å². The third kappa shape index (κ3) is 4.05. The number of nitrogens with zero attached hydrogens (tertiary/aromatic N) is 5. The zero-order valence-electron chi connectivity index (χ0n) is 19.9. The van der Waals surface area contributed by atoms with Crippen LogP contribution in [0.3, 0.4) is 0 Å². The molecule has 0 amide bonds. The summed E-state index contributed by atoms with van der Waals surface area (Å²) >= 11 is 0. The average Bonchev–Trinajstić information content (AvgIpc) is 3.40. The molecular weight excluding hydrogens is 460 g/mol. The third-order valence-corrected chi connectivity index (χ3v) is 7.31. The summed E-state index contributed by atoms with van der Waals surface area (Å²) in [5.41, 5.74) is 3.35. The molecule has 0 saturated carbocycles. The lowest BCUT2D eigenvalue weighted by Crippen LogP contribution is -2.44. The van der Waals surface area contributed by atoms with Gasteiger partial charge in [-0.1, -0.05) is 24.3 Å². The minimum absolute atomic E-state index is 0.159. The van der Waals surface area contributed by atoms with Crippen LogP contribution in [0.5, 0.6) is 5.75 Å². The van der Waals surface area contributed by atoms with Crippen LogP contribution in [0.15, 0.2) is 43.0 Å². The largest absolute Gasteiger partial charge is 0.491 e. The minimum Gasteiger partial charge on any atom is -0.491 e. The number of aliphatic hydroxyl groups excluding tert-OH is 3. The Kier molecular flexibility index (Phi) is 6.18. The van der Waals surface area contributed by atoms with E-state index in [2.05, 4.69) is 24.8 Å². The molecule has 1 fully saturated rings. The number of piperidine rings is 1. The van der Waals surface area contributed by atoms with Gasteiger partial charge >= 0.3 is 0 Å². The maximum atomic E-state index is 11.0. The smallest absolute Gasteiger partial charge is 0.182 e. The zero-order valence-corrected chi connectivity index (χ0v) is 19.9. The normalized spacial score (nSPS) is 21.2. The summed E-state index contributed by atoms with van der Waals surface area (Å²) in [7, 11) is 0. The van der Waals surface area contributed by atoms with Crippen molar-refractivity contribution in [3.63, 3.8) is 0 Å². The Morgan fingerprint density at radius 2 is 2.06 bits per heavy atom. The van der Waals surface area contributed by atoms with Crippen molar-refractivity contribution in [2.75, 3.05) is 31.2 Å². The number of hydrogen-bond acceptors (Lipinski definition) is 9. The van der Waals surface area contributed by atoms with Gasteiger partial charge in [0.05, 0.1) is 25.1 Å². The van der Waals surface area contributed by atoms with E-state index in [0.29, 0.717) is 18.8 Å². The molecule has 0 aliphatic carbocycles. The van der Waals surface area contributed by atoms with Crippen molar-refractivity contribution in [1.29, 1.82) is 0 Å². The predicted molar refractivity (Wildman–Crippen MR) is 135 cm³/mol. The Hall–Kier alpha value is -3.31. The molecule has 0 radical (unpaired) electrons. The maximum Gasteiger partial charge on any atom is 0.182 e. The number of anilines is 1. The van der Waals surface area contributed by atoms with E-state index in [-0.39, 0.29) is 19.2 Å². The fraction of sp³-hybridized carbons (Fsp3) is 0.423. The number of nitrogens with one attached hydrogen (secondary N) is 1. The average molecular weight is 491 g/mol. The lowest BCUT2D eigenvalue weighted by Gasteiger charge is -2.37. The molecule has 6 rings (SSSR count). The quantitative estimate of drug-likeness (QED) is 0.308. The van der Waals surface area contributed by atoms with Gasteiger partial charge in [0.1, 0.15) is 30.4 Å². The van der Waals surface area contributed by atoms with Crippen LogP contribution in [0.1, 0.15) is 36.6 Å². The number of imidazole rings is 1. The molecule has 0 spiro atoms. The first kappa shape index (κ1) is 23.1. The Balaban J connectivity index is 1.26. The van der Waals surface area contributed by atoms with Crippen molar-refractivity contribution in [3.05, 3.63) is 54.1 Å². The predicted octanol–water partition coefficient (Wildman–Crippen LogP) is 2.10. The molecule has 0 bridgehead atoms. The highest BCUT2D eigenvalue weighted by Gasteiger charge is 2.30. The van der Waals surface area contributed by atoms with E-state index >= 15 is 0 Å². The van der Waals surface area contributed by atoms with Crippen LogP contribution >= 0.6 is 0 Å². The highest BCUT2D eigenvalue weighted by Crippen LogP contribution is 2.40. The first-order valence-electron chi connectivity index (χ1n) is 12.4. The lowest BCUT2D eigenvalue weighted by atomic mass is 9.93. The topological polar surface area (TPSA) is 131 Å². The van der Waals surface area contributed by atoms with Gasteiger partial charge in [-0.25, -0.2) is 15.0 Å². The molecule has 10 nitrogen and oxygen atoms in total. The molecule has 3 atom stereocenters. The number of aromatic nitrogens is 4. The summed E-state index contributed by atoms with van der Waals surface area (Å²) in [6.07, 6.45) is 4.67. The second-order valence-electron chi connectivity index (χ2n) is 9.58. The molecule has 2 aromatic heterocycles. The van der Waals surface area contributed by atoms with Crippen LogP contribution in [0, 0.1) is 0 Å². The van der Waals surface area contributed by atoms with E-state index in [4.69, 9.17) is 4.74 Å². The van der Waals surface area contributed by atoms with Crippen molar-refractivity contribution < 1.29 is 20.1 Å². The molecule has 4 aromatic rings. The van der Waals surface area contributed by atoms with Gasteiger partial charge in [-0.05, 0) is 36.3 Å². The molecule has 3 unspecified atom stereocenters. The molecule has 10 heteroatoms. The van der Waals surface area contributed by atoms with E-state index in [1.165, 1.54) is 0 Å². The van der Waals surface area contributed by atoms with Crippen LogP contribution in [-0.2, 0) is 6.54 Å². The van der Waals surface area contributed by atoms with Gasteiger partial charge in [-0.2, -0.15) is 0 Å².